The molecule has 2 aromatic rings. The van der Waals surface area contributed by atoms with Crippen LogP contribution in [0.3, 0.4) is 0 Å². The van der Waals surface area contributed by atoms with Gasteiger partial charge in [-0.2, -0.15) is 11.8 Å². The van der Waals surface area contributed by atoms with Crippen molar-refractivity contribution >= 4 is 76.9 Å². The summed E-state index contributed by atoms with van der Waals surface area (Å²) in [4.78, 5) is 145. The van der Waals surface area contributed by atoms with Crippen LogP contribution in [0.25, 0.3) is 0 Å². The van der Waals surface area contributed by atoms with E-state index in [1.165, 1.54) is 74.1 Å². The van der Waals surface area contributed by atoms with Gasteiger partial charge in [0.1, 0.15) is 59.8 Å². The van der Waals surface area contributed by atoms with Gasteiger partial charge < -0.3 is 84.0 Å². The van der Waals surface area contributed by atoms with Crippen molar-refractivity contribution in [2.75, 3.05) is 18.6 Å². The molecule has 0 aliphatic carbocycles. The van der Waals surface area contributed by atoms with Crippen LogP contribution in [0.1, 0.15) is 84.3 Å². The van der Waals surface area contributed by atoms with E-state index in [9.17, 15) is 88.5 Å². The SMILES string of the molecule is CSCCC(N)C(=O)NC(Cc1ccc(O)cc1)C(=O)NC(CO)C(=O)NC(Cc1ccc(O)cc1)C(=O)NC(C(=O)NC(C(=O)NC(CCC(=O)O)C(=O)NC(CCC(=O)O)C(=O)NC(CC(C)C)C(=O)O)C(C)O)C(C)C. The first-order chi connectivity index (χ1) is 37.1. The Kier molecular flexibility index (Phi) is 28.8. The number of hydrogen-bond acceptors (Lipinski definition) is 17. The lowest BCUT2D eigenvalue weighted by molar-refractivity contribution is -0.143. The van der Waals surface area contributed by atoms with Crippen molar-refractivity contribution in [2.24, 2.45) is 17.6 Å². The molecule has 28 heteroatoms. The molecule has 0 aliphatic heterocycles. The third kappa shape index (κ3) is 24.3. The zero-order valence-corrected chi connectivity index (χ0v) is 45.5. The molecule has 10 atom stereocenters. The van der Waals surface area contributed by atoms with Gasteiger partial charge in [-0.3, -0.25) is 47.9 Å². The van der Waals surface area contributed by atoms with Crippen LogP contribution >= 0.6 is 11.8 Å². The molecule has 0 heterocycles. The average molecular weight is 1130 g/mol. The highest BCUT2D eigenvalue weighted by molar-refractivity contribution is 7.98. The number of thioether (sulfide) groups is 1. The molecule has 79 heavy (non-hydrogen) atoms. The number of carbonyl (C=O) groups is 11. The molecule has 438 valence electrons. The number of carboxylic acid groups (broad SMARTS) is 3. The van der Waals surface area contributed by atoms with Crippen LogP contribution in [0.2, 0.25) is 0 Å². The second-order valence-corrected chi connectivity index (χ2v) is 20.5. The number of amides is 8. The molecular formula is C51H75N9O18S. The molecule has 2 aromatic carbocycles. The second kappa shape index (κ2) is 33.7. The summed E-state index contributed by atoms with van der Waals surface area (Å²) in [6.45, 7) is 6.39. The van der Waals surface area contributed by atoms with E-state index in [4.69, 9.17) is 5.73 Å². The highest BCUT2D eigenvalue weighted by Gasteiger charge is 2.37. The summed E-state index contributed by atoms with van der Waals surface area (Å²) < 4.78 is 0. The van der Waals surface area contributed by atoms with Crippen molar-refractivity contribution < 1.29 is 88.5 Å². The van der Waals surface area contributed by atoms with Gasteiger partial charge in [-0.1, -0.05) is 52.0 Å². The molecule has 2 rings (SSSR count). The Morgan fingerprint density at radius 2 is 0.861 bits per heavy atom. The number of aliphatic hydroxyl groups excluding tert-OH is 2. The Morgan fingerprint density at radius 3 is 1.27 bits per heavy atom. The van der Waals surface area contributed by atoms with Gasteiger partial charge in [-0.05, 0) is 91.8 Å². The number of aliphatic carboxylic acids is 3. The van der Waals surface area contributed by atoms with Crippen molar-refractivity contribution in [3.05, 3.63) is 59.7 Å². The average Bonchev–Trinajstić information content (AvgIpc) is 3.37. The number of aliphatic hydroxyl groups is 2. The van der Waals surface area contributed by atoms with Gasteiger partial charge in [-0.15, -0.1) is 0 Å². The van der Waals surface area contributed by atoms with Crippen molar-refractivity contribution in [1.82, 2.24) is 42.5 Å². The first kappa shape index (κ1) is 67.5. The molecule has 0 saturated carbocycles. The van der Waals surface area contributed by atoms with Crippen molar-refractivity contribution in [3.63, 3.8) is 0 Å². The third-order valence-corrected chi connectivity index (χ3v) is 12.6. The summed E-state index contributed by atoms with van der Waals surface area (Å²) in [6.07, 6.45) is -2.84. The zero-order valence-electron chi connectivity index (χ0n) is 44.7. The van der Waals surface area contributed by atoms with Crippen LogP contribution in [0, 0.1) is 11.8 Å². The van der Waals surface area contributed by atoms with Crippen molar-refractivity contribution in [2.45, 2.75) is 146 Å². The van der Waals surface area contributed by atoms with Gasteiger partial charge in [0.15, 0.2) is 0 Å². The predicted octanol–water partition coefficient (Wildman–Crippen LogP) is -2.27. The quantitative estimate of drug-likeness (QED) is 0.0346. The molecule has 10 unspecified atom stereocenters. The maximum absolute atomic E-state index is 14.3. The first-order valence-electron chi connectivity index (χ1n) is 25.3. The molecule has 27 nitrogen and oxygen atoms in total. The van der Waals surface area contributed by atoms with E-state index in [1.54, 1.807) is 13.8 Å². The lowest BCUT2D eigenvalue weighted by Crippen LogP contribution is -2.63. The number of hydrogen-bond donors (Lipinski definition) is 16. The molecule has 0 aliphatic rings. The second-order valence-electron chi connectivity index (χ2n) is 19.5. The fraction of sp³-hybridized carbons (Fsp3) is 0.549. The fourth-order valence-electron chi connectivity index (χ4n) is 7.56. The summed E-state index contributed by atoms with van der Waals surface area (Å²) in [7, 11) is 0. The van der Waals surface area contributed by atoms with E-state index in [2.05, 4.69) is 42.5 Å². The minimum Gasteiger partial charge on any atom is -0.508 e. The highest BCUT2D eigenvalue weighted by atomic mass is 32.2. The van der Waals surface area contributed by atoms with E-state index in [0.717, 1.165) is 6.92 Å². The van der Waals surface area contributed by atoms with Gasteiger partial charge in [0.05, 0.1) is 18.8 Å². The zero-order chi connectivity index (χ0) is 59.7. The molecule has 0 aromatic heterocycles. The van der Waals surface area contributed by atoms with E-state index < -0.39 is 164 Å². The fourth-order valence-corrected chi connectivity index (χ4v) is 8.05. The van der Waals surface area contributed by atoms with Crippen LogP contribution in [-0.2, 0) is 65.6 Å². The molecule has 0 bridgehead atoms. The Bertz CT molecular complexity index is 2410. The van der Waals surface area contributed by atoms with Crippen LogP contribution in [0.5, 0.6) is 11.5 Å². The number of nitrogens with one attached hydrogen (secondary N) is 8. The highest BCUT2D eigenvalue weighted by Crippen LogP contribution is 2.15. The molecule has 0 saturated heterocycles. The number of benzene rings is 2. The number of rotatable bonds is 35. The largest absolute Gasteiger partial charge is 0.508 e. The molecule has 17 N–H and O–H groups in total. The Hall–Kier alpha value is -7.56. The van der Waals surface area contributed by atoms with Crippen LogP contribution in [-0.4, -0.2) is 180 Å². The van der Waals surface area contributed by atoms with E-state index in [-0.39, 0.29) is 43.1 Å². The third-order valence-electron chi connectivity index (χ3n) is 12.0. The first-order valence-corrected chi connectivity index (χ1v) is 26.6. The summed E-state index contributed by atoms with van der Waals surface area (Å²) >= 11 is 1.44. The standard InChI is InChI=1S/C51H75N9O18S/c1-25(2)21-37(51(77)78)57-45(71)33(15-17-39(65)66)53-44(70)34(16-18-40(67)68)54-50(76)42(27(5)62)60-49(75)41(26(3)4)59-47(73)36(23-29-9-13-31(64)14-10-29)56-48(74)38(24-61)58-46(72)35(22-28-7-11-30(63)12-8-28)55-43(69)32(52)19-20-79-6/h7-14,25-27,32-38,41-42,61-64H,15-24,52H2,1-6H3,(H,53,70)(H,54,76)(H,55,69)(H,56,74)(H,57,71)(H,58,72)(H,59,73)(H,60,75)(H,65,66)(H,67,68)(H,77,78). The van der Waals surface area contributed by atoms with Gasteiger partial charge in [0, 0.05) is 25.7 Å². The maximum atomic E-state index is 14.3. The predicted molar refractivity (Wildman–Crippen MR) is 284 cm³/mol. The lowest BCUT2D eigenvalue weighted by atomic mass is 9.99. The number of phenolic OH excluding ortho intramolecular Hbond substituents is 2. The normalized spacial score (nSPS) is 15.0. The minimum absolute atomic E-state index is 0.0418. The maximum Gasteiger partial charge on any atom is 0.326 e. The Balaban J connectivity index is 2.44. The van der Waals surface area contributed by atoms with E-state index >= 15 is 0 Å². The Morgan fingerprint density at radius 1 is 0.494 bits per heavy atom. The Labute approximate surface area is 460 Å². The van der Waals surface area contributed by atoms with Gasteiger partial charge >= 0.3 is 17.9 Å². The monoisotopic (exact) mass is 1130 g/mol. The summed E-state index contributed by atoms with van der Waals surface area (Å²) in [5.74, 6) is -13.4. The topological polar surface area (TPSA) is 452 Å². The van der Waals surface area contributed by atoms with Crippen molar-refractivity contribution in [1.29, 1.82) is 0 Å². The molecule has 0 radical (unpaired) electrons. The summed E-state index contributed by atoms with van der Waals surface area (Å²) in [6, 6.07) is -3.06. The molecule has 0 fully saturated rings. The number of carbonyl (C=O) groups excluding carboxylic acids is 8. The van der Waals surface area contributed by atoms with Gasteiger partial charge in [-0.25, -0.2) is 4.79 Å². The minimum atomic E-state index is -1.93. The lowest BCUT2D eigenvalue weighted by Gasteiger charge is -2.30. The van der Waals surface area contributed by atoms with Crippen LogP contribution in [0.4, 0.5) is 0 Å². The number of phenols is 2. The smallest absolute Gasteiger partial charge is 0.326 e. The van der Waals surface area contributed by atoms with Crippen LogP contribution in [0.15, 0.2) is 48.5 Å². The van der Waals surface area contributed by atoms with Crippen molar-refractivity contribution in [3.8, 4) is 11.5 Å². The van der Waals surface area contributed by atoms with Gasteiger partial charge in [0.25, 0.3) is 0 Å². The molecule has 8 amide bonds. The van der Waals surface area contributed by atoms with Crippen LogP contribution < -0.4 is 48.3 Å². The van der Waals surface area contributed by atoms with E-state index in [1.807, 2.05) is 6.26 Å². The summed E-state index contributed by atoms with van der Waals surface area (Å²) in [5, 5.41) is 88.3. The number of carboxylic acids is 3. The molecular weight excluding hydrogens is 1060 g/mol. The number of nitrogens with two attached hydrogens (primary N) is 1. The van der Waals surface area contributed by atoms with E-state index in [0.29, 0.717) is 16.9 Å². The summed E-state index contributed by atoms with van der Waals surface area (Å²) in [5.41, 5.74) is 6.90. The molecule has 0 spiro atoms. The number of aromatic hydroxyl groups is 2. The van der Waals surface area contributed by atoms with Gasteiger partial charge in [0.2, 0.25) is 47.3 Å².